The summed E-state index contributed by atoms with van der Waals surface area (Å²) in [4.78, 5) is 0. The highest BCUT2D eigenvalue weighted by molar-refractivity contribution is 5.27. The van der Waals surface area contributed by atoms with Gasteiger partial charge in [-0.3, -0.25) is 0 Å². The van der Waals surface area contributed by atoms with Gasteiger partial charge in [-0.25, -0.2) is 0 Å². The monoisotopic (exact) mass is 234 g/mol. The molecule has 0 radical (unpaired) electrons. The van der Waals surface area contributed by atoms with Crippen molar-refractivity contribution >= 4 is 0 Å². The Balaban J connectivity index is 2.06. The van der Waals surface area contributed by atoms with Gasteiger partial charge in [0.15, 0.2) is 0 Å². The minimum Gasteiger partial charge on any atom is -0.396 e. The Hall–Kier alpha value is -0.860. The molecule has 0 aromatic heterocycles. The first-order valence-electron chi connectivity index (χ1n) is 6.59. The number of aliphatic hydroxyl groups excluding tert-OH is 2. The van der Waals surface area contributed by atoms with Crippen LogP contribution in [0.25, 0.3) is 0 Å². The van der Waals surface area contributed by atoms with E-state index in [-0.39, 0.29) is 18.6 Å². The Morgan fingerprint density at radius 3 is 2.53 bits per heavy atom. The van der Waals surface area contributed by atoms with Crippen molar-refractivity contribution in [1.29, 1.82) is 0 Å². The van der Waals surface area contributed by atoms with Gasteiger partial charge in [-0.15, -0.1) is 0 Å². The number of hydrogen-bond donors (Lipinski definition) is 2. The van der Waals surface area contributed by atoms with Gasteiger partial charge in [-0.05, 0) is 36.3 Å². The normalized spacial score (nSPS) is 26.8. The van der Waals surface area contributed by atoms with Crippen molar-refractivity contribution in [3.63, 3.8) is 0 Å². The number of aliphatic hydroxyl groups is 2. The summed E-state index contributed by atoms with van der Waals surface area (Å²) < 4.78 is 0. The first-order valence-corrected chi connectivity index (χ1v) is 6.59. The maximum Gasteiger partial charge on any atom is 0.0546 e. The first kappa shape index (κ1) is 12.6. The predicted molar refractivity (Wildman–Crippen MR) is 69.2 cm³/mol. The van der Waals surface area contributed by atoms with Gasteiger partial charge >= 0.3 is 0 Å². The van der Waals surface area contributed by atoms with E-state index in [0.717, 1.165) is 19.3 Å². The molecule has 1 aromatic carbocycles. The zero-order chi connectivity index (χ0) is 12.3. The zero-order valence-electron chi connectivity index (χ0n) is 10.5. The summed E-state index contributed by atoms with van der Waals surface area (Å²) in [7, 11) is 0. The van der Waals surface area contributed by atoms with Gasteiger partial charge in [0, 0.05) is 12.5 Å². The highest BCUT2D eigenvalue weighted by atomic mass is 16.3. The second-order valence-corrected chi connectivity index (χ2v) is 5.27. The molecule has 2 rings (SSSR count). The molecular formula is C15H22O2. The Kier molecular flexibility index (Phi) is 4.19. The van der Waals surface area contributed by atoms with Gasteiger partial charge in [0.25, 0.3) is 0 Å². The third kappa shape index (κ3) is 3.08. The van der Waals surface area contributed by atoms with Gasteiger partial charge in [0.2, 0.25) is 0 Å². The van der Waals surface area contributed by atoms with Crippen molar-refractivity contribution in [2.45, 2.75) is 50.5 Å². The molecule has 1 aromatic rings. The maximum absolute atomic E-state index is 9.69. The van der Waals surface area contributed by atoms with E-state index in [2.05, 4.69) is 24.3 Å². The molecule has 0 bridgehead atoms. The summed E-state index contributed by atoms with van der Waals surface area (Å²) in [5.41, 5.74) is 2.52. The zero-order valence-corrected chi connectivity index (χ0v) is 10.5. The van der Waals surface area contributed by atoms with E-state index in [1.807, 2.05) is 6.92 Å². The van der Waals surface area contributed by atoms with E-state index < -0.39 is 0 Å². The molecule has 2 heteroatoms. The second-order valence-electron chi connectivity index (χ2n) is 5.27. The fourth-order valence-corrected chi connectivity index (χ4v) is 2.67. The van der Waals surface area contributed by atoms with Crippen molar-refractivity contribution in [3.8, 4) is 0 Å². The lowest BCUT2D eigenvalue weighted by Gasteiger charge is -2.26. The van der Waals surface area contributed by atoms with Crippen LogP contribution in [-0.2, 0) is 0 Å². The van der Waals surface area contributed by atoms with Crippen LogP contribution in [0.4, 0.5) is 0 Å². The molecule has 0 aliphatic heterocycles. The average molecular weight is 234 g/mol. The molecular weight excluding hydrogens is 212 g/mol. The molecule has 3 atom stereocenters. The van der Waals surface area contributed by atoms with Crippen LogP contribution in [0, 0.1) is 0 Å². The molecule has 1 fully saturated rings. The minimum atomic E-state index is -0.121. The first-order chi connectivity index (χ1) is 8.20. The molecule has 1 aliphatic carbocycles. The van der Waals surface area contributed by atoms with Crippen LogP contribution >= 0.6 is 0 Å². The van der Waals surface area contributed by atoms with Crippen molar-refractivity contribution in [3.05, 3.63) is 35.4 Å². The van der Waals surface area contributed by atoms with Crippen molar-refractivity contribution in [2.24, 2.45) is 0 Å². The van der Waals surface area contributed by atoms with Crippen molar-refractivity contribution < 1.29 is 10.2 Å². The van der Waals surface area contributed by atoms with Crippen LogP contribution in [0.2, 0.25) is 0 Å². The van der Waals surface area contributed by atoms with E-state index in [0.29, 0.717) is 5.92 Å². The quantitative estimate of drug-likeness (QED) is 0.844. The topological polar surface area (TPSA) is 40.5 Å². The molecule has 17 heavy (non-hydrogen) atoms. The lowest BCUT2D eigenvalue weighted by atomic mass is 9.82. The standard InChI is InChI=1S/C15H22O2/c1-11(10-16)12-5-7-13(8-6-12)14-3-2-4-15(17)9-14/h5-8,11,14-17H,2-4,9-10H2,1H3/t11?,14-,15-/m1/s1. The molecule has 0 heterocycles. The molecule has 1 unspecified atom stereocenters. The molecule has 2 N–H and O–H groups in total. The average Bonchev–Trinajstić information content (AvgIpc) is 2.38. The third-order valence-electron chi connectivity index (χ3n) is 3.90. The van der Waals surface area contributed by atoms with E-state index in [1.54, 1.807) is 0 Å². The van der Waals surface area contributed by atoms with Gasteiger partial charge in [0.05, 0.1) is 6.10 Å². The number of hydrogen-bond acceptors (Lipinski definition) is 2. The molecule has 1 saturated carbocycles. The maximum atomic E-state index is 9.69. The van der Waals surface area contributed by atoms with Crippen LogP contribution in [0.3, 0.4) is 0 Å². The fourth-order valence-electron chi connectivity index (χ4n) is 2.67. The summed E-state index contributed by atoms with van der Waals surface area (Å²) in [5.74, 6) is 0.721. The van der Waals surface area contributed by atoms with Crippen molar-refractivity contribution in [2.75, 3.05) is 6.61 Å². The van der Waals surface area contributed by atoms with Gasteiger partial charge in [-0.2, -0.15) is 0 Å². The van der Waals surface area contributed by atoms with Gasteiger partial charge < -0.3 is 10.2 Å². The van der Waals surface area contributed by atoms with Gasteiger partial charge in [-0.1, -0.05) is 37.6 Å². The lowest BCUT2D eigenvalue weighted by molar-refractivity contribution is 0.119. The molecule has 2 nitrogen and oxygen atoms in total. The molecule has 0 saturated heterocycles. The van der Waals surface area contributed by atoms with E-state index in [1.165, 1.54) is 17.5 Å². The highest BCUT2D eigenvalue weighted by Gasteiger charge is 2.21. The van der Waals surface area contributed by atoms with Crippen LogP contribution in [0.1, 0.15) is 55.6 Å². The molecule has 0 spiro atoms. The fraction of sp³-hybridized carbons (Fsp3) is 0.600. The van der Waals surface area contributed by atoms with Gasteiger partial charge in [0.1, 0.15) is 0 Å². The van der Waals surface area contributed by atoms with Crippen LogP contribution < -0.4 is 0 Å². The van der Waals surface area contributed by atoms with Crippen LogP contribution in [0.15, 0.2) is 24.3 Å². The Morgan fingerprint density at radius 2 is 1.94 bits per heavy atom. The summed E-state index contributed by atoms with van der Waals surface area (Å²) in [6, 6.07) is 8.53. The molecule has 94 valence electrons. The highest BCUT2D eigenvalue weighted by Crippen LogP contribution is 2.33. The largest absolute Gasteiger partial charge is 0.396 e. The smallest absolute Gasteiger partial charge is 0.0546 e. The Bertz CT molecular complexity index is 344. The van der Waals surface area contributed by atoms with Crippen LogP contribution in [0.5, 0.6) is 0 Å². The van der Waals surface area contributed by atoms with E-state index in [9.17, 15) is 5.11 Å². The van der Waals surface area contributed by atoms with E-state index >= 15 is 0 Å². The van der Waals surface area contributed by atoms with Crippen molar-refractivity contribution in [1.82, 2.24) is 0 Å². The summed E-state index contributed by atoms with van der Waals surface area (Å²) in [6.45, 7) is 2.22. The Labute approximate surface area is 103 Å². The molecule has 0 amide bonds. The second kappa shape index (κ2) is 5.65. The number of benzene rings is 1. The summed E-state index contributed by atoms with van der Waals surface area (Å²) in [5, 5.41) is 18.8. The Morgan fingerprint density at radius 1 is 1.24 bits per heavy atom. The van der Waals surface area contributed by atoms with E-state index in [4.69, 9.17) is 5.11 Å². The predicted octanol–water partition coefficient (Wildman–Crippen LogP) is 2.80. The summed E-state index contributed by atoms with van der Waals surface area (Å²) in [6.07, 6.45) is 4.04. The SMILES string of the molecule is CC(CO)c1ccc([C@@H]2CCC[C@@H](O)C2)cc1. The summed E-state index contributed by atoms with van der Waals surface area (Å²) >= 11 is 0. The number of rotatable bonds is 3. The lowest BCUT2D eigenvalue weighted by Crippen LogP contribution is -2.18. The van der Waals surface area contributed by atoms with Crippen LogP contribution in [-0.4, -0.2) is 22.9 Å². The minimum absolute atomic E-state index is 0.121. The third-order valence-corrected chi connectivity index (χ3v) is 3.90. The molecule has 1 aliphatic rings.